The number of H-pyrrole nitrogens is 1. The van der Waals surface area contributed by atoms with Gasteiger partial charge in [0.1, 0.15) is 0 Å². The van der Waals surface area contributed by atoms with Gasteiger partial charge in [-0.3, -0.25) is 14.6 Å². The first-order valence-electron chi connectivity index (χ1n) is 9.85. The summed E-state index contributed by atoms with van der Waals surface area (Å²) < 4.78 is 1.71. The smallest absolute Gasteiger partial charge is 0.198 e. The predicted molar refractivity (Wildman–Crippen MR) is 114 cm³/mol. The molecular formula is C22H22N6O2. The van der Waals surface area contributed by atoms with Crippen LogP contribution in [0.2, 0.25) is 0 Å². The number of nitrogens with one attached hydrogen (secondary N) is 1. The van der Waals surface area contributed by atoms with Gasteiger partial charge in [-0.1, -0.05) is 0 Å². The normalized spacial score (nSPS) is 15.6. The van der Waals surface area contributed by atoms with Crippen LogP contribution in [-0.4, -0.2) is 46.3 Å². The summed E-state index contributed by atoms with van der Waals surface area (Å²) in [6.45, 7) is 4.32. The number of aliphatic hydroxyl groups is 1. The molecule has 4 aromatic heterocycles. The molecule has 30 heavy (non-hydrogen) atoms. The first kappa shape index (κ1) is 18.5. The monoisotopic (exact) mass is 402 g/mol. The molecule has 3 N–H and O–H groups in total. The van der Waals surface area contributed by atoms with Crippen LogP contribution in [0, 0.1) is 6.92 Å². The molecule has 0 unspecified atom stereocenters. The summed E-state index contributed by atoms with van der Waals surface area (Å²) in [6.07, 6.45) is 8.67. The van der Waals surface area contributed by atoms with Crippen molar-refractivity contribution in [2.24, 2.45) is 4.99 Å². The van der Waals surface area contributed by atoms with Crippen LogP contribution in [0.1, 0.15) is 30.9 Å². The molecule has 8 nitrogen and oxygen atoms in total. The summed E-state index contributed by atoms with van der Waals surface area (Å²) in [5, 5.41) is 25.9. The van der Waals surface area contributed by atoms with Crippen LogP contribution in [0.4, 0.5) is 5.82 Å². The van der Waals surface area contributed by atoms with Gasteiger partial charge < -0.3 is 15.2 Å². The molecule has 0 spiro atoms. The van der Waals surface area contributed by atoms with E-state index in [0.29, 0.717) is 23.6 Å². The van der Waals surface area contributed by atoms with E-state index in [1.54, 1.807) is 29.3 Å². The van der Waals surface area contributed by atoms with E-state index < -0.39 is 5.60 Å². The maximum atomic E-state index is 10.5. The van der Waals surface area contributed by atoms with Gasteiger partial charge in [-0.05, 0) is 44.4 Å². The summed E-state index contributed by atoms with van der Waals surface area (Å²) >= 11 is 0. The summed E-state index contributed by atoms with van der Waals surface area (Å²) in [5.74, 6) is 0.572. The van der Waals surface area contributed by atoms with Gasteiger partial charge in [0, 0.05) is 35.6 Å². The quantitative estimate of drug-likeness (QED) is 0.442. The van der Waals surface area contributed by atoms with Crippen molar-refractivity contribution in [3.05, 3.63) is 54.1 Å². The van der Waals surface area contributed by atoms with Crippen molar-refractivity contribution in [3.8, 4) is 17.1 Å². The number of pyridine rings is 2. The fourth-order valence-corrected chi connectivity index (χ4v) is 3.66. The number of nitrogens with zero attached hydrogens (tertiary/aromatic N) is 5. The number of aromatic nitrogens is 5. The second kappa shape index (κ2) is 6.77. The first-order valence-corrected chi connectivity index (χ1v) is 9.85. The van der Waals surface area contributed by atoms with Crippen LogP contribution >= 0.6 is 0 Å². The van der Waals surface area contributed by atoms with E-state index in [2.05, 4.69) is 25.0 Å². The van der Waals surface area contributed by atoms with Crippen molar-refractivity contribution >= 4 is 22.4 Å². The SMILES string of the molecule is CC(=Nc1ccn(CC2(O)CC2)n1)c1c(O)[nH]c2cnc(-c3cnccc3C)cc12. The van der Waals surface area contributed by atoms with Gasteiger partial charge in [0.15, 0.2) is 11.7 Å². The van der Waals surface area contributed by atoms with E-state index in [0.717, 1.165) is 40.6 Å². The van der Waals surface area contributed by atoms with Gasteiger partial charge >= 0.3 is 0 Å². The molecule has 0 radical (unpaired) electrons. The second-order valence-electron chi connectivity index (χ2n) is 7.95. The van der Waals surface area contributed by atoms with Crippen molar-refractivity contribution in [2.75, 3.05) is 0 Å². The molecule has 1 fully saturated rings. The Morgan fingerprint density at radius 1 is 1.30 bits per heavy atom. The van der Waals surface area contributed by atoms with E-state index in [1.165, 1.54) is 0 Å². The predicted octanol–water partition coefficient (Wildman–Crippen LogP) is 3.50. The summed E-state index contributed by atoms with van der Waals surface area (Å²) in [5.41, 5.74) is 4.15. The number of aryl methyl sites for hydroxylation is 1. The highest BCUT2D eigenvalue weighted by molar-refractivity contribution is 6.13. The topological polar surface area (TPSA) is 112 Å². The van der Waals surface area contributed by atoms with Crippen LogP contribution in [0.5, 0.6) is 5.88 Å². The van der Waals surface area contributed by atoms with Crippen LogP contribution in [0.3, 0.4) is 0 Å². The number of aromatic amines is 1. The fraction of sp³-hybridized carbons (Fsp3) is 0.273. The number of rotatable bonds is 5. The highest BCUT2D eigenvalue weighted by Gasteiger charge is 2.40. The summed E-state index contributed by atoms with van der Waals surface area (Å²) in [4.78, 5) is 16.3. The van der Waals surface area contributed by atoms with E-state index in [4.69, 9.17) is 0 Å². The third-order valence-corrected chi connectivity index (χ3v) is 5.53. The van der Waals surface area contributed by atoms with Crippen LogP contribution in [-0.2, 0) is 6.54 Å². The van der Waals surface area contributed by atoms with Gasteiger partial charge in [-0.2, -0.15) is 5.10 Å². The van der Waals surface area contributed by atoms with Gasteiger partial charge in [0.05, 0.1) is 40.8 Å². The standard InChI is InChI=1S/C22H22N6O2/c1-13-3-7-23-10-16(13)17-9-15-18(11-24-17)26-21(29)20(15)14(2)25-19-4-8-28(27-19)12-22(30)5-6-22/h3-4,7-11,26,29-30H,5-6,12H2,1-2H3. The van der Waals surface area contributed by atoms with Crippen LogP contribution < -0.4 is 0 Å². The maximum absolute atomic E-state index is 10.5. The first-order chi connectivity index (χ1) is 14.4. The maximum Gasteiger partial charge on any atom is 0.198 e. The van der Waals surface area contributed by atoms with Gasteiger partial charge in [-0.15, -0.1) is 0 Å². The molecule has 0 bridgehead atoms. The molecule has 4 aromatic rings. The molecule has 0 atom stereocenters. The third-order valence-electron chi connectivity index (χ3n) is 5.53. The highest BCUT2D eigenvalue weighted by Crippen LogP contribution is 2.36. The van der Waals surface area contributed by atoms with E-state index >= 15 is 0 Å². The van der Waals surface area contributed by atoms with Gasteiger partial charge in [0.25, 0.3) is 0 Å². The molecule has 1 aliphatic rings. The Morgan fingerprint density at radius 2 is 2.13 bits per heavy atom. The molecule has 5 rings (SSSR count). The second-order valence-corrected chi connectivity index (χ2v) is 7.95. The zero-order valence-corrected chi connectivity index (χ0v) is 16.8. The van der Waals surface area contributed by atoms with Crippen molar-refractivity contribution in [1.82, 2.24) is 24.7 Å². The number of aromatic hydroxyl groups is 1. The van der Waals surface area contributed by atoms with Crippen LogP contribution in [0.25, 0.3) is 22.2 Å². The number of aliphatic imine (C=N–C) groups is 1. The van der Waals surface area contributed by atoms with Gasteiger partial charge in [0.2, 0.25) is 0 Å². The lowest BCUT2D eigenvalue weighted by atomic mass is 10.0. The Labute approximate surface area is 173 Å². The van der Waals surface area contributed by atoms with Crippen molar-refractivity contribution in [2.45, 2.75) is 38.8 Å². The lowest BCUT2D eigenvalue weighted by Crippen LogP contribution is -2.17. The molecule has 0 amide bonds. The molecule has 0 aromatic carbocycles. The molecule has 1 saturated carbocycles. The lowest BCUT2D eigenvalue weighted by molar-refractivity contribution is 0.125. The summed E-state index contributed by atoms with van der Waals surface area (Å²) in [6, 6.07) is 5.68. The third kappa shape index (κ3) is 3.35. The van der Waals surface area contributed by atoms with Gasteiger partial charge in [-0.25, -0.2) is 4.99 Å². The molecule has 1 aliphatic carbocycles. The zero-order valence-electron chi connectivity index (χ0n) is 16.8. The van der Waals surface area contributed by atoms with Crippen molar-refractivity contribution in [3.63, 3.8) is 0 Å². The molecule has 0 saturated heterocycles. The minimum atomic E-state index is -0.620. The zero-order chi connectivity index (χ0) is 20.9. The minimum absolute atomic E-state index is 0.0415. The fourth-order valence-electron chi connectivity index (χ4n) is 3.66. The molecule has 4 heterocycles. The Kier molecular flexibility index (Phi) is 4.18. The van der Waals surface area contributed by atoms with E-state index in [1.807, 2.05) is 32.2 Å². The number of fused-ring (bicyclic) bond motifs is 1. The largest absolute Gasteiger partial charge is 0.494 e. The van der Waals surface area contributed by atoms with Crippen molar-refractivity contribution < 1.29 is 10.2 Å². The molecular weight excluding hydrogens is 380 g/mol. The highest BCUT2D eigenvalue weighted by atomic mass is 16.3. The average Bonchev–Trinajstić information content (AvgIpc) is 3.12. The van der Waals surface area contributed by atoms with E-state index in [-0.39, 0.29) is 5.88 Å². The Morgan fingerprint density at radius 3 is 2.90 bits per heavy atom. The Hall–Kier alpha value is -3.52. The number of hydrogen-bond acceptors (Lipinski definition) is 6. The average molecular weight is 402 g/mol. The molecule has 8 heteroatoms. The van der Waals surface area contributed by atoms with Crippen LogP contribution in [0.15, 0.2) is 48.0 Å². The number of hydrogen-bond donors (Lipinski definition) is 3. The van der Waals surface area contributed by atoms with E-state index in [9.17, 15) is 10.2 Å². The Balaban J connectivity index is 1.53. The van der Waals surface area contributed by atoms with Crippen molar-refractivity contribution in [1.29, 1.82) is 0 Å². The lowest BCUT2D eigenvalue weighted by Gasteiger charge is -2.06. The summed E-state index contributed by atoms with van der Waals surface area (Å²) in [7, 11) is 0. The molecule has 0 aliphatic heterocycles. The Bertz CT molecular complexity index is 1280. The minimum Gasteiger partial charge on any atom is -0.494 e. The molecule has 152 valence electrons.